The van der Waals surface area contributed by atoms with Crippen molar-refractivity contribution in [2.24, 2.45) is 17.6 Å². The molecule has 144 valence electrons. The molecule has 5 atom stereocenters. The molecule has 1 aliphatic carbocycles. The highest BCUT2D eigenvalue weighted by atomic mass is 19.1. The number of ether oxygens (including phenoxy) is 1. The van der Waals surface area contributed by atoms with Crippen LogP contribution in [0.2, 0.25) is 0 Å². The van der Waals surface area contributed by atoms with Crippen molar-refractivity contribution in [3.8, 4) is 0 Å². The van der Waals surface area contributed by atoms with Gasteiger partial charge in [0.25, 0.3) is 0 Å². The van der Waals surface area contributed by atoms with Gasteiger partial charge in [-0.2, -0.15) is 0 Å². The zero-order valence-corrected chi connectivity index (χ0v) is 15.3. The molecule has 26 heavy (non-hydrogen) atoms. The van der Waals surface area contributed by atoms with Crippen molar-refractivity contribution in [2.75, 3.05) is 6.54 Å². The molecule has 0 bridgehead atoms. The first-order valence-electron chi connectivity index (χ1n) is 8.93. The number of carbonyl (C=O) groups is 1. The molecule has 0 aromatic heterocycles. The van der Waals surface area contributed by atoms with E-state index in [1.54, 1.807) is 25.7 Å². The van der Waals surface area contributed by atoms with Crippen molar-refractivity contribution in [2.45, 2.75) is 57.4 Å². The molecule has 1 heterocycles. The predicted octanol–water partition coefficient (Wildman–Crippen LogP) is 2.45. The summed E-state index contributed by atoms with van der Waals surface area (Å²) in [5.41, 5.74) is 5.88. The van der Waals surface area contributed by atoms with E-state index in [-0.39, 0.29) is 12.3 Å². The number of hydrogen-bond acceptors (Lipinski definition) is 4. The number of rotatable bonds is 4. The minimum Gasteiger partial charge on any atom is -0.444 e. The summed E-state index contributed by atoms with van der Waals surface area (Å²) in [5, 5.41) is 10.8. The standard InChI is InChI=1S/C19H26F2N2O3/c1-19(2,3)26-18(25)23-9-11-7-14(11)16(23)17(24)15(22)6-10-4-12(20)8-13(21)5-10/h4-5,8,11,14-17,24H,6-7,9,22H2,1-3H3/t11-,14-,15+,16+,17+/m1/s1. The maximum atomic E-state index is 13.4. The molecule has 1 saturated heterocycles. The van der Waals surface area contributed by atoms with E-state index < -0.39 is 41.5 Å². The maximum absolute atomic E-state index is 13.4. The Labute approximate surface area is 152 Å². The van der Waals surface area contributed by atoms with Crippen LogP contribution in [0.5, 0.6) is 0 Å². The Bertz CT molecular complexity index is 672. The van der Waals surface area contributed by atoms with Gasteiger partial charge in [0, 0.05) is 18.7 Å². The summed E-state index contributed by atoms with van der Waals surface area (Å²) >= 11 is 0. The summed E-state index contributed by atoms with van der Waals surface area (Å²) in [7, 11) is 0. The second-order valence-electron chi connectivity index (χ2n) is 8.42. The Hall–Kier alpha value is -1.73. The Balaban J connectivity index is 1.70. The van der Waals surface area contributed by atoms with Gasteiger partial charge in [-0.05, 0) is 63.1 Å². The highest BCUT2D eigenvalue weighted by Gasteiger charge is 2.57. The summed E-state index contributed by atoms with van der Waals surface area (Å²) in [4.78, 5) is 14.0. The molecule has 3 N–H and O–H groups in total. The zero-order chi connectivity index (χ0) is 19.2. The normalized spacial score (nSPS) is 27.0. The van der Waals surface area contributed by atoms with E-state index in [0.29, 0.717) is 18.0 Å². The molecule has 2 aliphatic rings. The van der Waals surface area contributed by atoms with Crippen LogP contribution < -0.4 is 5.73 Å². The van der Waals surface area contributed by atoms with E-state index in [1.165, 1.54) is 12.1 Å². The molecule has 5 nitrogen and oxygen atoms in total. The van der Waals surface area contributed by atoms with Gasteiger partial charge in [0.15, 0.2) is 0 Å². The zero-order valence-electron chi connectivity index (χ0n) is 15.3. The third kappa shape index (κ3) is 4.15. The van der Waals surface area contributed by atoms with Crippen LogP contribution in [0, 0.1) is 23.5 Å². The number of aliphatic hydroxyl groups is 1. The van der Waals surface area contributed by atoms with Gasteiger partial charge in [-0.15, -0.1) is 0 Å². The van der Waals surface area contributed by atoms with Gasteiger partial charge >= 0.3 is 6.09 Å². The minimum atomic E-state index is -0.994. The summed E-state index contributed by atoms with van der Waals surface area (Å²) in [5.74, 6) is -0.797. The largest absolute Gasteiger partial charge is 0.444 e. The molecule has 1 aromatic carbocycles. The molecule has 2 fully saturated rings. The topological polar surface area (TPSA) is 75.8 Å². The summed E-state index contributed by atoms with van der Waals surface area (Å²) in [6.07, 6.45) is -0.391. The van der Waals surface area contributed by atoms with Crippen molar-refractivity contribution in [3.05, 3.63) is 35.4 Å². The Kier molecular flexibility index (Phi) is 4.96. The second-order valence-corrected chi connectivity index (χ2v) is 8.42. The van der Waals surface area contributed by atoms with E-state index in [2.05, 4.69) is 0 Å². The highest BCUT2D eigenvalue weighted by molar-refractivity contribution is 5.69. The number of nitrogens with zero attached hydrogens (tertiary/aromatic N) is 1. The Morgan fingerprint density at radius 3 is 2.54 bits per heavy atom. The smallest absolute Gasteiger partial charge is 0.410 e. The van der Waals surface area contributed by atoms with E-state index in [4.69, 9.17) is 10.5 Å². The van der Waals surface area contributed by atoms with Gasteiger partial charge < -0.3 is 20.5 Å². The van der Waals surface area contributed by atoms with Crippen LogP contribution in [0.25, 0.3) is 0 Å². The van der Waals surface area contributed by atoms with Gasteiger partial charge in [-0.25, -0.2) is 13.6 Å². The first-order valence-corrected chi connectivity index (χ1v) is 8.93. The number of aliphatic hydroxyl groups excluding tert-OH is 1. The van der Waals surface area contributed by atoms with Crippen molar-refractivity contribution in [3.63, 3.8) is 0 Å². The molecule has 1 amide bonds. The molecule has 0 radical (unpaired) electrons. The average Bonchev–Trinajstić information content (AvgIpc) is 3.14. The molecule has 0 spiro atoms. The van der Waals surface area contributed by atoms with Crippen LogP contribution >= 0.6 is 0 Å². The molecule has 1 saturated carbocycles. The fourth-order valence-electron chi connectivity index (χ4n) is 3.83. The highest BCUT2D eigenvalue weighted by Crippen LogP contribution is 2.51. The van der Waals surface area contributed by atoms with Crippen LogP contribution in [0.1, 0.15) is 32.8 Å². The van der Waals surface area contributed by atoms with Crippen LogP contribution in [0.15, 0.2) is 18.2 Å². The van der Waals surface area contributed by atoms with Gasteiger partial charge in [-0.1, -0.05) is 0 Å². The molecule has 0 unspecified atom stereocenters. The van der Waals surface area contributed by atoms with Crippen LogP contribution in [-0.2, 0) is 11.2 Å². The van der Waals surface area contributed by atoms with E-state index in [9.17, 15) is 18.7 Å². The molecule has 1 aromatic rings. The Morgan fingerprint density at radius 1 is 1.35 bits per heavy atom. The van der Waals surface area contributed by atoms with Crippen molar-refractivity contribution in [1.82, 2.24) is 4.90 Å². The second kappa shape index (κ2) is 6.78. The molecular formula is C19H26F2N2O3. The number of benzene rings is 1. The lowest BCUT2D eigenvalue weighted by molar-refractivity contribution is -0.00597. The third-order valence-electron chi connectivity index (χ3n) is 5.02. The lowest BCUT2D eigenvalue weighted by Gasteiger charge is -2.35. The molecular weight excluding hydrogens is 342 g/mol. The summed E-state index contributed by atoms with van der Waals surface area (Å²) < 4.78 is 32.2. The number of halogens is 2. The maximum Gasteiger partial charge on any atom is 0.410 e. The number of nitrogens with two attached hydrogens (primary N) is 1. The number of hydrogen-bond donors (Lipinski definition) is 2. The summed E-state index contributed by atoms with van der Waals surface area (Å²) in [6, 6.07) is 2.03. The van der Waals surface area contributed by atoms with Gasteiger partial charge in [0.1, 0.15) is 17.2 Å². The van der Waals surface area contributed by atoms with E-state index >= 15 is 0 Å². The summed E-state index contributed by atoms with van der Waals surface area (Å²) in [6.45, 7) is 5.91. The Morgan fingerprint density at radius 2 is 1.96 bits per heavy atom. The van der Waals surface area contributed by atoms with Crippen molar-refractivity contribution >= 4 is 6.09 Å². The third-order valence-corrected chi connectivity index (χ3v) is 5.02. The van der Waals surface area contributed by atoms with Gasteiger partial charge in [0.05, 0.1) is 12.1 Å². The monoisotopic (exact) mass is 368 g/mol. The van der Waals surface area contributed by atoms with Crippen LogP contribution in [0.3, 0.4) is 0 Å². The number of carbonyl (C=O) groups excluding carboxylic acids is 1. The molecule has 3 rings (SSSR count). The van der Waals surface area contributed by atoms with Crippen LogP contribution in [0.4, 0.5) is 13.6 Å². The van der Waals surface area contributed by atoms with E-state index in [1.807, 2.05) is 0 Å². The number of fused-ring (bicyclic) bond motifs is 1. The predicted molar refractivity (Wildman–Crippen MR) is 92.4 cm³/mol. The van der Waals surface area contributed by atoms with Crippen LogP contribution in [-0.4, -0.2) is 46.4 Å². The minimum absolute atomic E-state index is 0.117. The quantitative estimate of drug-likeness (QED) is 0.856. The molecule has 1 aliphatic heterocycles. The number of piperidine rings is 1. The van der Waals surface area contributed by atoms with E-state index in [0.717, 1.165) is 12.5 Å². The first kappa shape index (κ1) is 19.0. The van der Waals surface area contributed by atoms with Gasteiger partial charge in [0.2, 0.25) is 0 Å². The van der Waals surface area contributed by atoms with Crippen molar-refractivity contribution in [1.29, 1.82) is 0 Å². The molecule has 7 heteroatoms. The fraction of sp³-hybridized carbons (Fsp3) is 0.632. The number of amides is 1. The van der Waals surface area contributed by atoms with Crippen molar-refractivity contribution < 1.29 is 23.4 Å². The first-order chi connectivity index (χ1) is 12.0. The SMILES string of the molecule is CC(C)(C)OC(=O)N1C[C@H]2C[C@H]2[C@H]1[C@@H](O)[C@@H](N)Cc1cc(F)cc(F)c1. The lowest BCUT2D eigenvalue weighted by atomic mass is 9.94. The lowest BCUT2D eigenvalue weighted by Crippen LogP contribution is -2.54. The average molecular weight is 368 g/mol. The number of likely N-dealkylation sites (tertiary alicyclic amines) is 1. The fourth-order valence-corrected chi connectivity index (χ4v) is 3.83. The van der Waals surface area contributed by atoms with Gasteiger partial charge in [-0.3, -0.25) is 0 Å².